The van der Waals surface area contributed by atoms with Crippen molar-refractivity contribution >= 4 is 39.2 Å². The number of aryl methyl sites for hydroxylation is 1. The number of hydrogen-bond donors (Lipinski definition) is 2. The first-order valence-electron chi connectivity index (χ1n) is 7.31. The van der Waals surface area contributed by atoms with Crippen molar-refractivity contribution in [1.29, 1.82) is 0 Å². The molecule has 0 unspecified atom stereocenters. The summed E-state index contributed by atoms with van der Waals surface area (Å²) in [5, 5.41) is 6.08. The fraction of sp³-hybridized carbons (Fsp3) is 0.235. The number of benzene rings is 1. The molecule has 0 saturated heterocycles. The molecule has 2 N–H and O–H groups in total. The zero-order valence-electron chi connectivity index (χ0n) is 13.0. The number of pyridine rings is 1. The third-order valence-electron chi connectivity index (χ3n) is 3.43. The molecule has 23 heavy (non-hydrogen) atoms. The SMILES string of the molecule is CCc1ccc([C@H](C)NC(=S)NC(=O)c2cncc(Br)c2)cc1. The Kier molecular flexibility index (Phi) is 6.24. The van der Waals surface area contributed by atoms with Gasteiger partial charge in [0.2, 0.25) is 0 Å². The van der Waals surface area contributed by atoms with Crippen molar-refractivity contribution in [1.82, 2.24) is 15.6 Å². The van der Waals surface area contributed by atoms with Crippen LogP contribution in [0.5, 0.6) is 0 Å². The van der Waals surface area contributed by atoms with Crippen molar-refractivity contribution in [2.75, 3.05) is 0 Å². The summed E-state index contributed by atoms with van der Waals surface area (Å²) in [6, 6.07) is 10.0. The molecule has 1 atom stereocenters. The molecular weight excluding hydrogens is 374 g/mol. The van der Waals surface area contributed by atoms with Gasteiger partial charge >= 0.3 is 0 Å². The molecule has 1 heterocycles. The molecule has 0 saturated carbocycles. The molecule has 1 aromatic carbocycles. The maximum Gasteiger partial charge on any atom is 0.259 e. The smallest absolute Gasteiger partial charge is 0.259 e. The second kappa shape index (κ2) is 8.17. The van der Waals surface area contributed by atoms with Crippen molar-refractivity contribution in [3.63, 3.8) is 0 Å². The first kappa shape index (κ1) is 17.6. The lowest BCUT2D eigenvalue weighted by Gasteiger charge is -2.17. The molecule has 2 rings (SSSR count). The summed E-state index contributed by atoms with van der Waals surface area (Å²) in [4.78, 5) is 16.1. The van der Waals surface area contributed by atoms with Crippen molar-refractivity contribution in [3.05, 3.63) is 63.9 Å². The second-order valence-electron chi connectivity index (χ2n) is 5.14. The first-order chi connectivity index (χ1) is 11.0. The Labute approximate surface area is 149 Å². The van der Waals surface area contributed by atoms with E-state index in [9.17, 15) is 4.79 Å². The highest BCUT2D eigenvalue weighted by Gasteiger charge is 2.11. The highest BCUT2D eigenvalue weighted by atomic mass is 79.9. The molecule has 0 radical (unpaired) electrons. The van der Waals surface area contributed by atoms with E-state index in [1.807, 2.05) is 6.92 Å². The monoisotopic (exact) mass is 391 g/mol. The van der Waals surface area contributed by atoms with E-state index < -0.39 is 0 Å². The van der Waals surface area contributed by atoms with Crippen LogP contribution in [0.3, 0.4) is 0 Å². The summed E-state index contributed by atoms with van der Waals surface area (Å²) >= 11 is 8.50. The minimum absolute atomic E-state index is 0.00865. The summed E-state index contributed by atoms with van der Waals surface area (Å²) in [6.45, 7) is 4.12. The lowest BCUT2D eigenvalue weighted by Crippen LogP contribution is -2.40. The van der Waals surface area contributed by atoms with Crippen LogP contribution in [-0.4, -0.2) is 16.0 Å². The van der Waals surface area contributed by atoms with E-state index in [4.69, 9.17) is 12.2 Å². The van der Waals surface area contributed by atoms with Gasteiger partial charge in [-0.1, -0.05) is 31.2 Å². The van der Waals surface area contributed by atoms with Crippen LogP contribution in [0.25, 0.3) is 0 Å². The number of thiocarbonyl (C=S) groups is 1. The van der Waals surface area contributed by atoms with E-state index in [1.54, 1.807) is 12.3 Å². The predicted molar refractivity (Wildman–Crippen MR) is 99.4 cm³/mol. The zero-order valence-corrected chi connectivity index (χ0v) is 15.4. The number of halogens is 1. The highest BCUT2D eigenvalue weighted by Crippen LogP contribution is 2.14. The van der Waals surface area contributed by atoms with E-state index in [0.717, 1.165) is 16.5 Å². The predicted octanol–water partition coefficient (Wildman–Crippen LogP) is 3.77. The van der Waals surface area contributed by atoms with E-state index >= 15 is 0 Å². The molecule has 0 bridgehead atoms. The third-order valence-corrected chi connectivity index (χ3v) is 4.08. The topological polar surface area (TPSA) is 54.0 Å². The number of aromatic nitrogens is 1. The summed E-state index contributed by atoms with van der Waals surface area (Å²) in [7, 11) is 0. The second-order valence-corrected chi connectivity index (χ2v) is 6.46. The van der Waals surface area contributed by atoms with Gasteiger partial charge in [-0.25, -0.2) is 0 Å². The Morgan fingerprint density at radius 1 is 1.30 bits per heavy atom. The van der Waals surface area contributed by atoms with Gasteiger partial charge in [0, 0.05) is 16.9 Å². The zero-order chi connectivity index (χ0) is 16.8. The number of nitrogens with one attached hydrogen (secondary N) is 2. The van der Waals surface area contributed by atoms with Crippen molar-refractivity contribution in [3.8, 4) is 0 Å². The van der Waals surface area contributed by atoms with Gasteiger partial charge in [-0.3, -0.25) is 15.1 Å². The maximum atomic E-state index is 12.1. The minimum atomic E-state index is -0.287. The molecule has 4 nitrogen and oxygen atoms in total. The van der Waals surface area contributed by atoms with Gasteiger partial charge in [0.15, 0.2) is 5.11 Å². The van der Waals surface area contributed by atoms with E-state index in [1.165, 1.54) is 11.8 Å². The van der Waals surface area contributed by atoms with E-state index in [2.05, 4.69) is 62.7 Å². The van der Waals surface area contributed by atoms with Gasteiger partial charge in [0.1, 0.15) is 0 Å². The molecule has 0 fully saturated rings. The molecule has 0 aliphatic heterocycles. The number of amides is 1. The van der Waals surface area contributed by atoms with Crippen LogP contribution >= 0.6 is 28.1 Å². The number of carbonyl (C=O) groups is 1. The van der Waals surface area contributed by atoms with Crippen LogP contribution in [0.1, 0.15) is 41.4 Å². The standard InChI is InChI=1S/C17H18BrN3OS/c1-3-12-4-6-13(7-5-12)11(2)20-17(23)21-16(22)14-8-15(18)10-19-9-14/h4-11H,3H2,1-2H3,(H2,20,21,22,23)/t11-/m0/s1. The molecule has 0 aliphatic rings. The Hall–Kier alpha value is -1.79. The number of nitrogens with zero attached hydrogens (tertiary/aromatic N) is 1. The minimum Gasteiger partial charge on any atom is -0.356 e. The molecule has 2 aromatic rings. The lowest BCUT2D eigenvalue weighted by atomic mass is 10.1. The fourth-order valence-corrected chi connectivity index (χ4v) is 2.70. The van der Waals surface area contributed by atoms with Crippen molar-refractivity contribution in [2.45, 2.75) is 26.3 Å². The molecule has 6 heteroatoms. The van der Waals surface area contributed by atoms with Gasteiger partial charge in [-0.15, -0.1) is 0 Å². The lowest BCUT2D eigenvalue weighted by molar-refractivity contribution is 0.0976. The van der Waals surface area contributed by atoms with Crippen molar-refractivity contribution in [2.24, 2.45) is 0 Å². The fourth-order valence-electron chi connectivity index (χ4n) is 2.07. The average molecular weight is 392 g/mol. The van der Waals surface area contributed by atoms with Gasteiger partial charge in [0.25, 0.3) is 5.91 Å². The van der Waals surface area contributed by atoms with Gasteiger partial charge in [-0.05, 0) is 58.7 Å². The van der Waals surface area contributed by atoms with E-state index in [-0.39, 0.29) is 11.9 Å². The van der Waals surface area contributed by atoms with Gasteiger partial charge in [-0.2, -0.15) is 0 Å². The Bertz CT molecular complexity index is 703. The Morgan fingerprint density at radius 2 is 2.00 bits per heavy atom. The van der Waals surface area contributed by atoms with Crippen LogP contribution in [-0.2, 0) is 6.42 Å². The average Bonchev–Trinajstić information content (AvgIpc) is 2.54. The van der Waals surface area contributed by atoms with Crippen LogP contribution in [0.4, 0.5) is 0 Å². The van der Waals surface area contributed by atoms with Crippen LogP contribution in [0.15, 0.2) is 47.2 Å². The molecule has 0 spiro atoms. The Morgan fingerprint density at radius 3 is 2.61 bits per heavy atom. The van der Waals surface area contributed by atoms with Crippen molar-refractivity contribution < 1.29 is 4.79 Å². The quantitative estimate of drug-likeness (QED) is 0.778. The van der Waals surface area contributed by atoms with Crippen LogP contribution in [0, 0.1) is 0 Å². The molecule has 1 aromatic heterocycles. The number of carbonyl (C=O) groups excluding carboxylic acids is 1. The first-order valence-corrected chi connectivity index (χ1v) is 8.51. The third kappa shape index (κ3) is 5.11. The van der Waals surface area contributed by atoms with Crippen LogP contribution in [0.2, 0.25) is 0 Å². The largest absolute Gasteiger partial charge is 0.356 e. The summed E-state index contributed by atoms with van der Waals surface area (Å²) in [6.07, 6.45) is 4.13. The van der Waals surface area contributed by atoms with Gasteiger partial charge in [0.05, 0.1) is 11.6 Å². The number of rotatable bonds is 4. The molecule has 0 aliphatic carbocycles. The van der Waals surface area contributed by atoms with Gasteiger partial charge < -0.3 is 5.32 Å². The number of hydrogen-bond acceptors (Lipinski definition) is 3. The normalized spacial score (nSPS) is 11.6. The Balaban J connectivity index is 1.94. The molecule has 120 valence electrons. The molecular formula is C17H18BrN3OS. The maximum absolute atomic E-state index is 12.1. The van der Waals surface area contributed by atoms with E-state index in [0.29, 0.717) is 10.7 Å². The summed E-state index contributed by atoms with van der Waals surface area (Å²) in [5.41, 5.74) is 2.85. The summed E-state index contributed by atoms with van der Waals surface area (Å²) < 4.78 is 0.744. The summed E-state index contributed by atoms with van der Waals surface area (Å²) in [5.74, 6) is -0.287. The molecule has 1 amide bonds. The van der Waals surface area contributed by atoms with Crippen LogP contribution < -0.4 is 10.6 Å². The highest BCUT2D eigenvalue weighted by molar-refractivity contribution is 9.10.